The van der Waals surface area contributed by atoms with Gasteiger partial charge in [-0.15, -0.1) is 0 Å². The maximum absolute atomic E-state index is 4.75. The number of imidazole rings is 1. The van der Waals surface area contributed by atoms with E-state index in [1.54, 1.807) is 0 Å². The maximum atomic E-state index is 4.75. The molecule has 1 aliphatic rings. The predicted molar refractivity (Wildman–Crippen MR) is 86.8 cm³/mol. The van der Waals surface area contributed by atoms with Crippen LogP contribution in [0, 0.1) is 0 Å². The molecule has 1 N–H and O–H groups in total. The summed E-state index contributed by atoms with van der Waals surface area (Å²) in [6, 6.07) is 4.41. The van der Waals surface area contributed by atoms with Gasteiger partial charge in [0.25, 0.3) is 0 Å². The highest BCUT2D eigenvalue weighted by atomic mass is 15.3. The van der Waals surface area contributed by atoms with Crippen molar-refractivity contribution in [3.8, 4) is 11.5 Å². The van der Waals surface area contributed by atoms with Crippen LogP contribution in [0.4, 0.5) is 0 Å². The minimum absolute atomic E-state index is 0.205. The number of hydrogen-bond acceptors (Lipinski definition) is 4. The number of aromatic nitrogens is 6. The molecule has 0 saturated heterocycles. The first-order valence-corrected chi connectivity index (χ1v) is 8.06. The third-order valence-corrected chi connectivity index (χ3v) is 4.49. The molecule has 1 atom stereocenters. The molecule has 7 heteroatoms. The van der Waals surface area contributed by atoms with E-state index < -0.39 is 0 Å². The Bertz CT molecular complexity index is 787. The lowest BCUT2D eigenvalue weighted by molar-refractivity contribution is 0.475. The van der Waals surface area contributed by atoms with Gasteiger partial charge in [0.2, 0.25) is 0 Å². The summed E-state index contributed by atoms with van der Waals surface area (Å²) in [7, 11) is 1.98. The molecule has 0 unspecified atom stereocenters. The minimum Gasteiger partial charge on any atom is -0.321 e. The maximum Gasteiger partial charge on any atom is 0.161 e. The molecular weight excluding hydrogens is 290 g/mol. The van der Waals surface area contributed by atoms with Crippen LogP contribution in [-0.2, 0) is 20.1 Å². The van der Waals surface area contributed by atoms with Gasteiger partial charge >= 0.3 is 0 Å². The number of nitrogens with zero attached hydrogens (tertiary/aromatic N) is 6. The molecule has 4 rings (SSSR count). The summed E-state index contributed by atoms with van der Waals surface area (Å²) in [4.78, 5) is 4.58. The molecule has 4 heterocycles. The Morgan fingerprint density at radius 1 is 1.35 bits per heavy atom. The number of fused-ring (bicyclic) bond motifs is 1. The Hall–Kier alpha value is -2.41. The molecule has 0 amide bonds. The molecule has 0 aromatic carbocycles. The Labute approximate surface area is 134 Å². The number of hydrogen-bond donors (Lipinski definition) is 1. The van der Waals surface area contributed by atoms with E-state index in [1.165, 1.54) is 11.4 Å². The van der Waals surface area contributed by atoms with Gasteiger partial charge in [0.15, 0.2) is 5.82 Å². The van der Waals surface area contributed by atoms with Crippen LogP contribution in [0.5, 0.6) is 0 Å². The van der Waals surface area contributed by atoms with Crippen molar-refractivity contribution in [1.29, 1.82) is 0 Å². The van der Waals surface area contributed by atoms with Gasteiger partial charge in [-0.25, -0.2) is 4.98 Å². The van der Waals surface area contributed by atoms with E-state index in [4.69, 9.17) is 5.10 Å². The third kappa shape index (κ3) is 2.37. The van der Waals surface area contributed by atoms with Crippen LogP contribution in [0.3, 0.4) is 0 Å². The lowest BCUT2D eigenvalue weighted by atomic mass is 10.1. The SMILES string of the molecule is CC[C@@H](c1ccnn1C)n1ccnc1-c1cc2n(n1)CCNC2. The second-order valence-corrected chi connectivity index (χ2v) is 5.88. The fourth-order valence-electron chi connectivity index (χ4n) is 3.32. The van der Waals surface area contributed by atoms with Crippen LogP contribution >= 0.6 is 0 Å². The van der Waals surface area contributed by atoms with Crippen molar-refractivity contribution < 1.29 is 0 Å². The molecule has 0 fully saturated rings. The second-order valence-electron chi connectivity index (χ2n) is 5.88. The first kappa shape index (κ1) is 14.2. The van der Waals surface area contributed by atoms with Gasteiger partial charge in [-0.1, -0.05) is 6.92 Å². The van der Waals surface area contributed by atoms with Crippen molar-refractivity contribution in [3.63, 3.8) is 0 Å². The lowest BCUT2D eigenvalue weighted by Crippen LogP contribution is -2.28. The molecule has 0 spiro atoms. The Kier molecular flexibility index (Phi) is 3.49. The van der Waals surface area contributed by atoms with E-state index in [9.17, 15) is 0 Å². The summed E-state index contributed by atoms with van der Waals surface area (Å²) in [6.07, 6.45) is 6.70. The topological polar surface area (TPSA) is 65.5 Å². The zero-order chi connectivity index (χ0) is 15.8. The third-order valence-electron chi connectivity index (χ3n) is 4.49. The smallest absolute Gasteiger partial charge is 0.161 e. The van der Waals surface area contributed by atoms with Crippen LogP contribution in [-0.4, -0.2) is 35.7 Å². The minimum atomic E-state index is 0.205. The largest absolute Gasteiger partial charge is 0.321 e. The van der Waals surface area contributed by atoms with Crippen LogP contribution in [0.2, 0.25) is 0 Å². The first-order chi connectivity index (χ1) is 11.3. The monoisotopic (exact) mass is 311 g/mol. The summed E-state index contributed by atoms with van der Waals surface area (Å²) < 4.78 is 6.22. The van der Waals surface area contributed by atoms with Gasteiger partial charge in [-0.2, -0.15) is 10.2 Å². The van der Waals surface area contributed by atoms with E-state index in [1.807, 2.05) is 30.3 Å². The molecule has 23 heavy (non-hydrogen) atoms. The molecule has 120 valence electrons. The quantitative estimate of drug-likeness (QED) is 0.794. The summed E-state index contributed by atoms with van der Waals surface area (Å²) >= 11 is 0. The van der Waals surface area contributed by atoms with Crippen molar-refractivity contribution in [2.75, 3.05) is 6.54 Å². The van der Waals surface area contributed by atoms with Crippen LogP contribution in [0.15, 0.2) is 30.7 Å². The highest BCUT2D eigenvalue weighted by molar-refractivity contribution is 5.51. The first-order valence-electron chi connectivity index (χ1n) is 8.06. The van der Waals surface area contributed by atoms with Crippen LogP contribution in [0.1, 0.15) is 30.8 Å². The summed E-state index contributed by atoms with van der Waals surface area (Å²) in [5.74, 6) is 0.917. The molecule has 7 nitrogen and oxygen atoms in total. The van der Waals surface area contributed by atoms with Gasteiger partial charge in [0, 0.05) is 38.7 Å². The predicted octanol–water partition coefficient (Wildman–Crippen LogP) is 1.58. The average Bonchev–Trinajstić information content (AvgIpc) is 3.27. The molecule has 3 aromatic rings. The Morgan fingerprint density at radius 3 is 3.00 bits per heavy atom. The van der Waals surface area contributed by atoms with E-state index >= 15 is 0 Å². The van der Waals surface area contributed by atoms with Gasteiger partial charge in [0.05, 0.1) is 24.0 Å². The van der Waals surface area contributed by atoms with Crippen molar-refractivity contribution in [2.45, 2.75) is 32.5 Å². The molecule has 0 saturated carbocycles. The molecule has 3 aromatic heterocycles. The molecule has 0 aliphatic carbocycles. The zero-order valence-electron chi connectivity index (χ0n) is 13.5. The van der Waals surface area contributed by atoms with Crippen molar-refractivity contribution in [1.82, 2.24) is 34.4 Å². The molecule has 1 aliphatic heterocycles. The van der Waals surface area contributed by atoms with Crippen LogP contribution < -0.4 is 5.32 Å². The molecule has 0 radical (unpaired) electrons. The normalized spacial score (nSPS) is 15.6. The van der Waals surface area contributed by atoms with Crippen molar-refractivity contribution >= 4 is 0 Å². The van der Waals surface area contributed by atoms with E-state index in [-0.39, 0.29) is 6.04 Å². The number of nitrogens with one attached hydrogen (secondary N) is 1. The fourth-order valence-corrected chi connectivity index (χ4v) is 3.32. The highest BCUT2D eigenvalue weighted by Gasteiger charge is 2.21. The summed E-state index contributed by atoms with van der Waals surface area (Å²) in [5.41, 5.74) is 3.33. The summed E-state index contributed by atoms with van der Waals surface area (Å²) in [6.45, 7) is 4.93. The molecular formula is C16H21N7. The van der Waals surface area contributed by atoms with E-state index in [0.29, 0.717) is 0 Å². The Balaban J connectivity index is 1.76. The zero-order valence-corrected chi connectivity index (χ0v) is 13.5. The van der Waals surface area contributed by atoms with Crippen molar-refractivity contribution in [3.05, 3.63) is 42.1 Å². The van der Waals surface area contributed by atoms with E-state index in [2.05, 4.69) is 43.7 Å². The summed E-state index contributed by atoms with van der Waals surface area (Å²) in [5, 5.41) is 12.4. The Morgan fingerprint density at radius 2 is 2.26 bits per heavy atom. The van der Waals surface area contributed by atoms with Gasteiger partial charge < -0.3 is 9.88 Å². The van der Waals surface area contributed by atoms with Gasteiger partial charge in [-0.3, -0.25) is 9.36 Å². The molecule has 0 bridgehead atoms. The van der Waals surface area contributed by atoms with Gasteiger partial charge in [-0.05, 0) is 18.6 Å². The average molecular weight is 311 g/mol. The van der Waals surface area contributed by atoms with Crippen molar-refractivity contribution in [2.24, 2.45) is 7.05 Å². The van der Waals surface area contributed by atoms with Crippen LogP contribution in [0.25, 0.3) is 11.5 Å². The highest BCUT2D eigenvalue weighted by Crippen LogP contribution is 2.27. The standard InChI is InChI=1S/C16H21N7/c1-3-14(15-4-5-19-21(15)2)22-8-7-18-16(22)13-10-12-11-17-6-9-23(12)20-13/h4-5,7-8,10,14,17H,3,6,9,11H2,1-2H3/t14-/m0/s1. The number of rotatable bonds is 4. The van der Waals surface area contributed by atoms with E-state index in [0.717, 1.165) is 37.6 Å². The fraction of sp³-hybridized carbons (Fsp3) is 0.438. The van der Waals surface area contributed by atoms with Gasteiger partial charge in [0.1, 0.15) is 5.69 Å². The number of aryl methyl sites for hydroxylation is 1. The lowest BCUT2D eigenvalue weighted by Gasteiger charge is -2.19. The second kappa shape index (κ2) is 5.66.